The molecule has 1 aliphatic rings. The minimum atomic E-state index is -3.73. The highest BCUT2D eigenvalue weighted by Gasteiger charge is 2.24. The second-order valence-electron chi connectivity index (χ2n) is 11.9. The van der Waals surface area contributed by atoms with E-state index in [9.17, 15) is 18.0 Å². The number of hydrogen-bond acceptors (Lipinski definition) is 8. The second-order valence-corrected chi connectivity index (χ2v) is 13.9. The molecule has 0 saturated carbocycles. The van der Waals surface area contributed by atoms with E-state index in [1.165, 1.54) is 11.1 Å². The summed E-state index contributed by atoms with van der Waals surface area (Å²) in [5, 5.41) is 3.40. The van der Waals surface area contributed by atoms with Crippen LogP contribution >= 0.6 is 0 Å². The summed E-state index contributed by atoms with van der Waals surface area (Å²) >= 11 is 0. The lowest BCUT2D eigenvalue weighted by Crippen LogP contribution is -2.35. The van der Waals surface area contributed by atoms with Crippen molar-refractivity contribution in [2.24, 2.45) is 0 Å². The minimum absolute atomic E-state index is 0.0209. The zero-order valence-corrected chi connectivity index (χ0v) is 28.1. The predicted molar refractivity (Wildman–Crippen MR) is 183 cm³/mol. The zero-order valence-electron chi connectivity index (χ0n) is 27.3. The summed E-state index contributed by atoms with van der Waals surface area (Å²) < 4.78 is 39.5. The van der Waals surface area contributed by atoms with Crippen LogP contribution in [0.3, 0.4) is 0 Å². The molecule has 0 unspecified atom stereocenters. The molecule has 0 spiro atoms. The van der Waals surface area contributed by atoms with Crippen LogP contribution in [-0.4, -0.2) is 72.3 Å². The van der Waals surface area contributed by atoms with Gasteiger partial charge in [0.15, 0.2) is 0 Å². The van der Waals surface area contributed by atoms with Gasteiger partial charge in [-0.3, -0.25) is 19.5 Å². The minimum Gasteiger partial charge on any atom is -0.496 e. The maximum Gasteiger partial charge on any atom is 0.256 e. The molecule has 0 aliphatic carbocycles. The van der Waals surface area contributed by atoms with Crippen LogP contribution in [0.5, 0.6) is 5.75 Å². The molecule has 5 rings (SSSR count). The third-order valence-corrected chi connectivity index (χ3v) is 10.1. The molecule has 11 nitrogen and oxygen atoms in total. The van der Waals surface area contributed by atoms with E-state index in [4.69, 9.17) is 9.47 Å². The largest absolute Gasteiger partial charge is 0.496 e. The Morgan fingerprint density at radius 2 is 1.91 bits per heavy atom. The number of nitrogens with one attached hydrogen (secondary N) is 2. The van der Waals surface area contributed by atoms with E-state index in [1.54, 1.807) is 44.4 Å². The third-order valence-electron chi connectivity index (χ3n) is 8.44. The smallest absolute Gasteiger partial charge is 0.256 e. The lowest BCUT2D eigenvalue weighted by Gasteiger charge is -2.26. The number of hydrogen-bond donors (Lipinski definition) is 2. The molecule has 12 heteroatoms. The maximum atomic E-state index is 13.9. The number of carbonyl (C=O) groups is 1. The molecular formula is C35H43N5O6S. The Morgan fingerprint density at radius 3 is 2.62 bits per heavy atom. The van der Waals surface area contributed by atoms with Gasteiger partial charge in [0.2, 0.25) is 10.0 Å². The number of allylic oxidation sites excluding steroid dienone is 1. The van der Waals surface area contributed by atoms with E-state index in [-0.39, 0.29) is 23.4 Å². The number of carbonyl (C=O) groups excluding carboxylic acids is 1. The first-order valence-corrected chi connectivity index (χ1v) is 17.5. The fraction of sp³-hybridized carbons (Fsp3) is 0.400. The molecule has 1 aromatic carbocycles. The van der Waals surface area contributed by atoms with Crippen LogP contribution in [-0.2, 0) is 27.8 Å². The highest BCUT2D eigenvalue weighted by molar-refractivity contribution is 7.90. The lowest BCUT2D eigenvalue weighted by molar-refractivity contribution is 0.0336. The first kappa shape index (κ1) is 34.1. The van der Waals surface area contributed by atoms with E-state index in [2.05, 4.69) is 26.8 Å². The van der Waals surface area contributed by atoms with Gasteiger partial charge in [-0.05, 0) is 68.5 Å². The van der Waals surface area contributed by atoms with Crippen LogP contribution in [0.25, 0.3) is 22.0 Å². The third kappa shape index (κ3) is 8.01. The zero-order chi connectivity index (χ0) is 33.6. The van der Waals surface area contributed by atoms with E-state index < -0.39 is 15.9 Å². The number of methoxy groups -OCH3 is 1. The predicted octanol–water partition coefficient (Wildman–Crippen LogP) is 4.70. The number of unbranched alkanes of at least 4 members (excludes halogenated alkanes) is 3. The van der Waals surface area contributed by atoms with Crippen molar-refractivity contribution in [2.75, 3.05) is 39.2 Å². The van der Waals surface area contributed by atoms with Crippen molar-refractivity contribution >= 4 is 26.8 Å². The number of morpholine rings is 1. The summed E-state index contributed by atoms with van der Waals surface area (Å²) in [7, 11) is -2.25. The average molecular weight is 662 g/mol. The number of aromatic nitrogens is 3. The van der Waals surface area contributed by atoms with Crippen LogP contribution < -0.4 is 15.6 Å². The Labute approximate surface area is 275 Å². The summed E-state index contributed by atoms with van der Waals surface area (Å²) in [6, 6.07) is 9.16. The van der Waals surface area contributed by atoms with Crippen LogP contribution in [0, 0.1) is 13.8 Å². The number of nitrogens with zero attached hydrogens (tertiary/aromatic N) is 3. The lowest BCUT2D eigenvalue weighted by atomic mass is 9.99. The monoisotopic (exact) mass is 661 g/mol. The van der Waals surface area contributed by atoms with Crippen molar-refractivity contribution in [1.29, 1.82) is 0 Å². The van der Waals surface area contributed by atoms with Gasteiger partial charge in [0.05, 0.1) is 49.4 Å². The van der Waals surface area contributed by atoms with Gasteiger partial charge in [-0.1, -0.05) is 18.6 Å². The second kappa shape index (κ2) is 15.1. The van der Waals surface area contributed by atoms with Crippen LogP contribution in [0.15, 0.2) is 60.2 Å². The van der Waals surface area contributed by atoms with Gasteiger partial charge < -0.3 is 19.8 Å². The van der Waals surface area contributed by atoms with E-state index >= 15 is 0 Å². The summed E-state index contributed by atoms with van der Waals surface area (Å²) in [6.07, 6.45) is 8.18. The molecule has 250 valence electrons. The van der Waals surface area contributed by atoms with Crippen molar-refractivity contribution < 1.29 is 22.7 Å². The number of pyridine rings is 2. The molecule has 0 bridgehead atoms. The quantitative estimate of drug-likeness (QED) is 0.147. The molecule has 0 radical (unpaired) electrons. The van der Waals surface area contributed by atoms with Crippen molar-refractivity contribution in [2.45, 2.75) is 52.6 Å². The molecule has 1 fully saturated rings. The molecule has 1 amide bonds. The number of rotatable bonds is 14. The molecular weight excluding hydrogens is 618 g/mol. The summed E-state index contributed by atoms with van der Waals surface area (Å²) in [5.41, 5.74) is 4.24. The standard InChI is InChI=1S/C35H43N5O6S/c1-5-6-7-8-9-16-47(43,44)40-22-24(2)33-29(34(41)37-21-30-32(45-4)17-25(3)38-35(30)42)18-27(19-31(33)40)26-10-11-28(36-20-26)23-39-12-14-46-15-13-39/h5,10-11,17-20,22H,1,6-9,12-16,21,23H2,2-4H3,(H,37,41)(H,38,42). The van der Waals surface area contributed by atoms with Crippen LogP contribution in [0.1, 0.15) is 58.6 Å². The molecule has 3 aromatic heterocycles. The molecule has 4 aromatic rings. The molecule has 2 N–H and O–H groups in total. The molecule has 4 heterocycles. The number of benzene rings is 1. The Kier molecular flexibility index (Phi) is 10.9. The van der Waals surface area contributed by atoms with Crippen molar-refractivity contribution in [1.82, 2.24) is 24.2 Å². The number of ether oxygens (including phenoxy) is 2. The topological polar surface area (TPSA) is 136 Å². The van der Waals surface area contributed by atoms with Crippen molar-refractivity contribution in [3.8, 4) is 16.9 Å². The Morgan fingerprint density at radius 1 is 1.13 bits per heavy atom. The number of H-pyrrole nitrogens is 1. The normalized spacial score (nSPS) is 13.9. The summed E-state index contributed by atoms with van der Waals surface area (Å²) in [6.45, 7) is 11.0. The number of aromatic amines is 1. The van der Waals surface area contributed by atoms with Gasteiger partial charge >= 0.3 is 0 Å². The summed E-state index contributed by atoms with van der Waals surface area (Å²) in [5.74, 6) is -0.0962. The molecule has 0 atom stereocenters. The fourth-order valence-corrected chi connectivity index (χ4v) is 7.45. The first-order valence-electron chi connectivity index (χ1n) is 15.9. The highest BCUT2D eigenvalue weighted by Crippen LogP contribution is 2.33. The molecule has 1 saturated heterocycles. The van der Waals surface area contributed by atoms with E-state index in [0.29, 0.717) is 65.2 Å². The van der Waals surface area contributed by atoms with E-state index in [0.717, 1.165) is 43.6 Å². The Hall–Kier alpha value is -4.26. The number of fused-ring (bicyclic) bond motifs is 1. The van der Waals surface area contributed by atoms with Crippen LogP contribution in [0.4, 0.5) is 0 Å². The SMILES string of the molecule is C=CCCCCCS(=O)(=O)n1cc(C)c2c(C(=O)NCc3c(OC)cc(C)[nH]c3=O)cc(-c3ccc(CN4CCOCC4)nc3)cc21. The maximum absolute atomic E-state index is 13.9. The van der Waals surface area contributed by atoms with Crippen molar-refractivity contribution in [3.63, 3.8) is 0 Å². The van der Waals surface area contributed by atoms with Gasteiger partial charge in [0, 0.05) is 54.2 Å². The Balaban J connectivity index is 1.52. The Bertz CT molecular complexity index is 1910. The van der Waals surface area contributed by atoms with Gasteiger partial charge in [0.1, 0.15) is 5.75 Å². The van der Waals surface area contributed by atoms with E-state index in [1.807, 2.05) is 18.2 Å². The number of amides is 1. The molecule has 1 aliphatic heterocycles. The first-order chi connectivity index (χ1) is 22.6. The molecule has 47 heavy (non-hydrogen) atoms. The summed E-state index contributed by atoms with van der Waals surface area (Å²) in [4.78, 5) is 36.3. The average Bonchev–Trinajstić information content (AvgIpc) is 3.41. The van der Waals surface area contributed by atoms with Gasteiger partial charge in [0.25, 0.3) is 11.5 Å². The van der Waals surface area contributed by atoms with Gasteiger partial charge in [-0.15, -0.1) is 6.58 Å². The van der Waals surface area contributed by atoms with Crippen molar-refractivity contribution in [3.05, 3.63) is 93.8 Å². The van der Waals surface area contributed by atoms with Crippen LogP contribution in [0.2, 0.25) is 0 Å². The fourth-order valence-electron chi connectivity index (χ4n) is 5.93. The highest BCUT2D eigenvalue weighted by atomic mass is 32.2. The van der Waals surface area contributed by atoms with Gasteiger partial charge in [-0.2, -0.15) is 0 Å². The number of aryl methyl sites for hydroxylation is 2. The van der Waals surface area contributed by atoms with Gasteiger partial charge in [-0.25, -0.2) is 12.4 Å².